The molecule has 110 valence electrons. The molecule has 0 bridgehead atoms. The lowest BCUT2D eigenvalue weighted by atomic mass is 10.1. The third-order valence-electron chi connectivity index (χ3n) is 3.72. The maximum absolute atomic E-state index is 11.1. The summed E-state index contributed by atoms with van der Waals surface area (Å²) in [6, 6.07) is 7.02. The predicted octanol–water partition coefficient (Wildman–Crippen LogP) is 2.78. The Hall–Kier alpha value is -1.39. The summed E-state index contributed by atoms with van der Waals surface area (Å²) in [7, 11) is 0. The van der Waals surface area contributed by atoms with Gasteiger partial charge in [-0.15, -0.1) is 0 Å². The van der Waals surface area contributed by atoms with Crippen LogP contribution in [-0.4, -0.2) is 42.2 Å². The number of aromatic carboxylic acids is 1. The minimum Gasteiger partial charge on any atom is -0.478 e. The highest BCUT2D eigenvalue weighted by molar-refractivity contribution is 5.89. The highest BCUT2D eigenvalue weighted by atomic mass is 16.5. The second kappa shape index (κ2) is 8.02. The molecule has 1 saturated heterocycles. The summed E-state index contributed by atoms with van der Waals surface area (Å²) in [6.07, 6.45) is 4.99. The van der Waals surface area contributed by atoms with Crippen molar-refractivity contribution >= 4 is 5.97 Å². The van der Waals surface area contributed by atoms with Crippen LogP contribution in [0.1, 0.15) is 41.6 Å². The van der Waals surface area contributed by atoms with Crippen molar-refractivity contribution in [2.45, 2.75) is 32.3 Å². The molecule has 1 aromatic carbocycles. The fraction of sp³-hybridized carbons (Fsp3) is 0.562. The Labute approximate surface area is 120 Å². The predicted molar refractivity (Wildman–Crippen MR) is 78.0 cm³/mol. The zero-order valence-electron chi connectivity index (χ0n) is 11.9. The molecule has 0 aliphatic carbocycles. The molecule has 0 amide bonds. The largest absolute Gasteiger partial charge is 0.478 e. The summed E-state index contributed by atoms with van der Waals surface area (Å²) >= 11 is 0. The van der Waals surface area contributed by atoms with Crippen LogP contribution in [0.25, 0.3) is 0 Å². The molecule has 20 heavy (non-hydrogen) atoms. The molecule has 0 atom stereocenters. The van der Waals surface area contributed by atoms with Crippen LogP contribution in [0.15, 0.2) is 24.3 Å². The highest BCUT2D eigenvalue weighted by Crippen LogP contribution is 2.11. The first-order chi connectivity index (χ1) is 9.77. The van der Waals surface area contributed by atoms with Crippen LogP contribution in [0, 0.1) is 0 Å². The van der Waals surface area contributed by atoms with E-state index in [9.17, 15) is 4.79 Å². The van der Waals surface area contributed by atoms with E-state index in [4.69, 9.17) is 9.84 Å². The molecule has 4 nitrogen and oxygen atoms in total. The van der Waals surface area contributed by atoms with Gasteiger partial charge in [-0.1, -0.05) is 24.6 Å². The molecule has 1 aliphatic rings. The van der Waals surface area contributed by atoms with Crippen molar-refractivity contribution in [2.24, 2.45) is 0 Å². The van der Waals surface area contributed by atoms with E-state index >= 15 is 0 Å². The van der Waals surface area contributed by atoms with E-state index in [0.29, 0.717) is 18.8 Å². The average molecular weight is 277 g/mol. The Morgan fingerprint density at radius 3 is 2.70 bits per heavy atom. The van der Waals surface area contributed by atoms with E-state index in [1.807, 2.05) is 12.1 Å². The van der Waals surface area contributed by atoms with Gasteiger partial charge in [0.15, 0.2) is 0 Å². The quantitative estimate of drug-likeness (QED) is 0.779. The molecule has 1 N–H and O–H groups in total. The lowest BCUT2D eigenvalue weighted by Crippen LogP contribution is -2.31. The second-order valence-corrected chi connectivity index (χ2v) is 5.27. The maximum atomic E-state index is 11.1. The molecule has 0 unspecified atom stereocenters. The third-order valence-corrected chi connectivity index (χ3v) is 3.72. The normalized spacial score (nSPS) is 16.2. The molecule has 1 fully saturated rings. The maximum Gasteiger partial charge on any atom is 0.336 e. The van der Waals surface area contributed by atoms with Crippen molar-refractivity contribution in [2.75, 3.05) is 26.2 Å². The van der Waals surface area contributed by atoms with Gasteiger partial charge in [-0.2, -0.15) is 0 Å². The van der Waals surface area contributed by atoms with Gasteiger partial charge in [0.25, 0.3) is 0 Å². The van der Waals surface area contributed by atoms with Crippen molar-refractivity contribution in [1.82, 2.24) is 4.90 Å². The first kappa shape index (κ1) is 15.0. The van der Waals surface area contributed by atoms with Crippen LogP contribution in [0.4, 0.5) is 0 Å². The number of nitrogens with zero attached hydrogens (tertiary/aromatic N) is 1. The summed E-state index contributed by atoms with van der Waals surface area (Å²) in [4.78, 5) is 13.5. The second-order valence-electron chi connectivity index (χ2n) is 5.27. The summed E-state index contributed by atoms with van der Waals surface area (Å²) in [5, 5.41) is 9.08. The first-order valence-corrected chi connectivity index (χ1v) is 7.38. The number of likely N-dealkylation sites (tertiary alicyclic amines) is 1. The minimum absolute atomic E-state index is 0.337. The van der Waals surface area contributed by atoms with Crippen LogP contribution in [0.5, 0.6) is 0 Å². The molecule has 2 rings (SSSR count). The average Bonchev–Trinajstić information content (AvgIpc) is 2.48. The van der Waals surface area contributed by atoms with Crippen molar-refractivity contribution in [1.29, 1.82) is 0 Å². The number of carboxylic acid groups (broad SMARTS) is 1. The molecule has 0 aromatic heterocycles. The van der Waals surface area contributed by atoms with E-state index in [0.717, 1.165) is 18.5 Å². The van der Waals surface area contributed by atoms with E-state index in [2.05, 4.69) is 4.90 Å². The molecule has 0 radical (unpaired) electrons. The number of rotatable bonds is 7. The van der Waals surface area contributed by atoms with Crippen LogP contribution >= 0.6 is 0 Å². The van der Waals surface area contributed by atoms with Crippen LogP contribution in [-0.2, 0) is 11.3 Å². The summed E-state index contributed by atoms with van der Waals surface area (Å²) in [6.45, 7) is 4.57. The Bertz CT molecular complexity index is 427. The smallest absolute Gasteiger partial charge is 0.336 e. The lowest BCUT2D eigenvalue weighted by molar-refractivity contribution is 0.0685. The molecule has 0 spiro atoms. The summed E-state index contributed by atoms with van der Waals surface area (Å²) < 4.78 is 5.61. The fourth-order valence-corrected chi connectivity index (χ4v) is 2.61. The van der Waals surface area contributed by atoms with E-state index < -0.39 is 5.97 Å². The van der Waals surface area contributed by atoms with Crippen molar-refractivity contribution in [3.63, 3.8) is 0 Å². The Morgan fingerprint density at radius 1 is 1.20 bits per heavy atom. The highest BCUT2D eigenvalue weighted by Gasteiger charge is 2.10. The zero-order chi connectivity index (χ0) is 14.2. The van der Waals surface area contributed by atoms with Crippen LogP contribution in [0.3, 0.4) is 0 Å². The topological polar surface area (TPSA) is 49.8 Å². The summed E-state index contributed by atoms with van der Waals surface area (Å²) in [5.74, 6) is -0.891. The van der Waals surface area contributed by atoms with Gasteiger partial charge in [0.05, 0.1) is 12.2 Å². The molecule has 1 heterocycles. The number of benzene rings is 1. The summed E-state index contributed by atoms with van der Waals surface area (Å²) in [5.41, 5.74) is 1.08. The number of carbonyl (C=O) groups is 1. The van der Waals surface area contributed by atoms with Gasteiger partial charge in [0.1, 0.15) is 0 Å². The van der Waals surface area contributed by atoms with Crippen molar-refractivity contribution in [3.8, 4) is 0 Å². The van der Waals surface area contributed by atoms with E-state index in [1.54, 1.807) is 12.1 Å². The Kier molecular flexibility index (Phi) is 6.02. The molecular weight excluding hydrogens is 254 g/mol. The van der Waals surface area contributed by atoms with Crippen LogP contribution in [0.2, 0.25) is 0 Å². The molecule has 1 aromatic rings. The number of carboxylic acids is 1. The third kappa shape index (κ3) is 4.62. The number of piperidine rings is 1. The zero-order valence-corrected chi connectivity index (χ0v) is 11.9. The molecule has 4 heteroatoms. The molecule has 1 aliphatic heterocycles. The molecule has 0 saturated carbocycles. The van der Waals surface area contributed by atoms with E-state index in [-0.39, 0.29) is 0 Å². The first-order valence-electron chi connectivity index (χ1n) is 7.38. The van der Waals surface area contributed by atoms with E-state index in [1.165, 1.54) is 32.4 Å². The Balaban J connectivity index is 1.67. The minimum atomic E-state index is -0.891. The lowest BCUT2D eigenvalue weighted by Gasteiger charge is -2.26. The monoisotopic (exact) mass is 277 g/mol. The van der Waals surface area contributed by atoms with Gasteiger partial charge in [0.2, 0.25) is 0 Å². The Morgan fingerprint density at radius 2 is 1.95 bits per heavy atom. The molecular formula is C16H23NO3. The number of hydrogen-bond acceptors (Lipinski definition) is 3. The SMILES string of the molecule is O=C(O)c1ccccc1COCCCN1CCCCC1. The van der Waals surface area contributed by atoms with Crippen molar-refractivity contribution < 1.29 is 14.6 Å². The standard InChI is InChI=1S/C16H23NO3/c18-16(19)15-8-3-2-7-14(15)13-20-12-6-11-17-9-4-1-5-10-17/h2-3,7-8H,1,4-6,9-13H2,(H,18,19). The van der Waals surface area contributed by atoms with Gasteiger partial charge in [-0.3, -0.25) is 0 Å². The van der Waals surface area contributed by atoms with Gasteiger partial charge < -0.3 is 14.7 Å². The van der Waals surface area contributed by atoms with Gasteiger partial charge in [-0.05, 0) is 44.0 Å². The fourth-order valence-electron chi connectivity index (χ4n) is 2.61. The van der Waals surface area contributed by atoms with Crippen molar-refractivity contribution in [3.05, 3.63) is 35.4 Å². The number of ether oxygens (including phenoxy) is 1. The van der Waals surface area contributed by atoms with Gasteiger partial charge in [-0.25, -0.2) is 4.79 Å². The van der Waals surface area contributed by atoms with Gasteiger partial charge in [0, 0.05) is 13.2 Å². The van der Waals surface area contributed by atoms with Crippen LogP contribution < -0.4 is 0 Å². The van der Waals surface area contributed by atoms with Gasteiger partial charge >= 0.3 is 5.97 Å². The number of hydrogen-bond donors (Lipinski definition) is 1.